The van der Waals surface area contributed by atoms with E-state index in [4.69, 9.17) is 0 Å². The Morgan fingerprint density at radius 2 is 2.33 bits per heavy atom. The molecule has 3 nitrogen and oxygen atoms in total. The number of nitrogens with one attached hydrogen (secondary N) is 1. The predicted molar refractivity (Wildman–Crippen MR) is 75.0 cm³/mol. The molecule has 0 spiro atoms. The highest BCUT2D eigenvalue weighted by molar-refractivity contribution is 7.10. The Bertz CT molecular complexity index is 529. The van der Waals surface area contributed by atoms with Crippen LogP contribution in [0.2, 0.25) is 0 Å². The summed E-state index contributed by atoms with van der Waals surface area (Å²) >= 11 is 1.88. The van der Waals surface area contributed by atoms with Crippen LogP contribution < -0.4 is 0 Å². The fourth-order valence-electron chi connectivity index (χ4n) is 2.75. The van der Waals surface area contributed by atoms with Gasteiger partial charge in [0.25, 0.3) is 0 Å². The van der Waals surface area contributed by atoms with E-state index in [1.54, 1.807) is 0 Å². The smallest absolute Gasteiger partial charge is 0.0519 e. The molecular formula is C14H19N3S. The van der Waals surface area contributed by atoms with Crippen molar-refractivity contribution in [2.45, 2.75) is 32.7 Å². The minimum absolute atomic E-state index is 0.632. The number of nitrogens with zero attached hydrogens (tertiary/aromatic N) is 2. The first-order valence-electron chi connectivity index (χ1n) is 6.49. The zero-order valence-corrected chi connectivity index (χ0v) is 11.8. The van der Waals surface area contributed by atoms with Crippen molar-refractivity contribution in [3.63, 3.8) is 0 Å². The van der Waals surface area contributed by atoms with E-state index >= 15 is 0 Å². The van der Waals surface area contributed by atoms with E-state index < -0.39 is 0 Å². The lowest BCUT2D eigenvalue weighted by Crippen LogP contribution is -2.19. The van der Waals surface area contributed by atoms with Gasteiger partial charge in [-0.2, -0.15) is 5.10 Å². The normalized spacial score (nSPS) is 20.7. The fraction of sp³-hybridized carbons (Fsp3) is 0.500. The van der Waals surface area contributed by atoms with Crippen LogP contribution in [0.3, 0.4) is 0 Å². The van der Waals surface area contributed by atoms with Crippen LogP contribution in [-0.2, 0) is 6.54 Å². The van der Waals surface area contributed by atoms with Gasteiger partial charge in [-0.15, -0.1) is 11.3 Å². The maximum absolute atomic E-state index is 4.14. The number of H-pyrrole nitrogens is 1. The molecule has 1 aliphatic rings. The summed E-state index contributed by atoms with van der Waals surface area (Å²) in [5.74, 6) is 0.632. The first-order valence-corrected chi connectivity index (χ1v) is 7.37. The van der Waals surface area contributed by atoms with Crippen LogP contribution in [0.15, 0.2) is 17.6 Å². The van der Waals surface area contributed by atoms with Gasteiger partial charge in [0.2, 0.25) is 0 Å². The zero-order valence-electron chi connectivity index (χ0n) is 10.9. The van der Waals surface area contributed by atoms with Crippen LogP contribution in [0, 0.1) is 13.8 Å². The van der Waals surface area contributed by atoms with E-state index in [9.17, 15) is 0 Å². The highest BCUT2D eigenvalue weighted by Crippen LogP contribution is 2.29. The maximum atomic E-state index is 4.14. The molecule has 0 aliphatic carbocycles. The molecule has 0 unspecified atom stereocenters. The van der Waals surface area contributed by atoms with Gasteiger partial charge in [0.05, 0.1) is 6.20 Å². The van der Waals surface area contributed by atoms with Gasteiger partial charge in [-0.05, 0) is 49.4 Å². The van der Waals surface area contributed by atoms with Crippen molar-refractivity contribution < 1.29 is 0 Å². The number of hydrogen-bond acceptors (Lipinski definition) is 3. The minimum Gasteiger partial charge on any atom is -0.298 e. The van der Waals surface area contributed by atoms with Gasteiger partial charge in [0.1, 0.15) is 0 Å². The predicted octanol–water partition coefficient (Wildman–Crippen LogP) is 3.08. The lowest BCUT2D eigenvalue weighted by Gasteiger charge is -2.15. The Kier molecular flexibility index (Phi) is 3.22. The second-order valence-electron chi connectivity index (χ2n) is 5.21. The van der Waals surface area contributed by atoms with Gasteiger partial charge in [0, 0.05) is 29.6 Å². The van der Waals surface area contributed by atoms with Crippen LogP contribution in [0.25, 0.3) is 0 Å². The Hall–Kier alpha value is -1.13. The molecule has 0 radical (unpaired) electrons. The van der Waals surface area contributed by atoms with Crippen molar-refractivity contribution >= 4 is 11.3 Å². The van der Waals surface area contributed by atoms with Gasteiger partial charge in [-0.3, -0.25) is 10.00 Å². The average Bonchev–Trinajstić information content (AvgIpc) is 3.03. The third-order valence-corrected chi connectivity index (χ3v) is 4.89. The molecule has 1 saturated heterocycles. The summed E-state index contributed by atoms with van der Waals surface area (Å²) in [6.45, 7) is 7.80. The first kappa shape index (κ1) is 11.9. The molecule has 2 aromatic rings. The number of thiophene rings is 1. The summed E-state index contributed by atoms with van der Waals surface area (Å²) in [5, 5.41) is 9.50. The summed E-state index contributed by atoms with van der Waals surface area (Å²) in [4.78, 5) is 4.07. The second-order valence-corrected chi connectivity index (χ2v) is 6.21. The van der Waals surface area contributed by atoms with E-state index in [2.05, 4.69) is 40.4 Å². The summed E-state index contributed by atoms with van der Waals surface area (Å²) in [7, 11) is 0. The minimum atomic E-state index is 0.632. The number of aromatic nitrogens is 2. The molecule has 2 aromatic heterocycles. The highest BCUT2D eigenvalue weighted by atomic mass is 32.1. The first-order chi connectivity index (χ1) is 8.74. The van der Waals surface area contributed by atoms with E-state index in [1.807, 2.05) is 17.5 Å². The van der Waals surface area contributed by atoms with Gasteiger partial charge < -0.3 is 0 Å². The Morgan fingerprint density at radius 1 is 1.44 bits per heavy atom. The van der Waals surface area contributed by atoms with Crippen molar-refractivity contribution in [2.24, 2.45) is 0 Å². The molecule has 1 N–H and O–H groups in total. The second kappa shape index (κ2) is 4.86. The Balaban J connectivity index is 1.66. The van der Waals surface area contributed by atoms with Crippen LogP contribution in [-0.4, -0.2) is 28.2 Å². The molecular weight excluding hydrogens is 242 g/mol. The maximum Gasteiger partial charge on any atom is 0.0519 e. The lowest BCUT2D eigenvalue weighted by atomic mass is 10.0. The van der Waals surface area contributed by atoms with Crippen molar-refractivity contribution in [1.29, 1.82) is 0 Å². The van der Waals surface area contributed by atoms with E-state index in [0.29, 0.717) is 5.92 Å². The van der Waals surface area contributed by atoms with Gasteiger partial charge in [-0.1, -0.05) is 0 Å². The molecule has 0 bridgehead atoms. The molecule has 0 aromatic carbocycles. The summed E-state index contributed by atoms with van der Waals surface area (Å²) in [6, 6.07) is 2.21. The average molecular weight is 261 g/mol. The van der Waals surface area contributed by atoms with Crippen molar-refractivity contribution in [2.75, 3.05) is 13.1 Å². The van der Waals surface area contributed by atoms with E-state index in [-0.39, 0.29) is 0 Å². The molecule has 1 fully saturated rings. The quantitative estimate of drug-likeness (QED) is 0.920. The molecule has 4 heteroatoms. The van der Waals surface area contributed by atoms with Crippen molar-refractivity contribution in [3.8, 4) is 0 Å². The molecule has 3 rings (SSSR count). The fourth-order valence-corrected chi connectivity index (χ4v) is 3.70. The van der Waals surface area contributed by atoms with Crippen LogP contribution in [0.4, 0.5) is 0 Å². The van der Waals surface area contributed by atoms with Crippen molar-refractivity contribution in [3.05, 3.63) is 39.3 Å². The molecule has 3 heterocycles. The third-order valence-electron chi connectivity index (χ3n) is 3.88. The molecule has 1 atom stereocenters. The monoisotopic (exact) mass is 261 g/mol. The SMILES string of the molecule is Cc1cn[nH]c1[C@H]1CCN(Cc2sccc2C)C1. The van der Waals surface area contributed by atoms with Gasteiger partial charge in [0.15, 0.2) is 0 Å². The largest absolute Gasteiger partial charge is 0.298 e. The standard InChI is InChI=1S/C14H19N3S/c1-10-4-6-18-13(10)9-17-5-3-12(8-17)14-11(2)7-15-16-14/h4,6-7,12H,3,5,8-9H2,1-2H3,(H,15,16)/t12-/m0/s1. The van der Waals surface area contributed by atoms with Crippen LogP contribution in [0.5, 0.6) is 0 Å². The Labute approximate surface area is 112 Å². The van der Waals surface area contributed by atoms with Gasteiger partial charge >= 0.3 is 0 Å². The number of likely N-dealkylation sites (tertiary alicyclic amines) is 1. The molecule has 96 valence electrons. The van der Waals surface area contributed by atoms with Crippen LogP contribution >= 0.6 is 11.3 Å². The zero-order chi connectivity index (χ0) is 12.5. The van der Waals surface area contributed by atoms with E-state index in [1.165, 1.54) is 34.7 Å². The molecule has 18 heavy (non-hydrogen) atoms. The summed E-state index contributed by atoms with van der Waals surface area (Å²) in [5.41, 5.74) is 4.07. The number of hydrogen-bond donors (Lipinski definition) is 1. The number of aryl methyl sites for hydroxylation is 2. The summed E-state index contributed by atoms with van der Waals surface area (Å²) in [6.07, 6.45) is 3.18. The number of aromatic amines is 1. The molecule has 0 saturated carbocycles. The Morgan fingerprint density at radius 3 is 3.00 bits per heavy atom. The topological polar surface area (TPSA) is 31.9 Å². The summed E-state index contributed by atoms with van der Waals surface area (Å²) < 4.78 is 0. The molecule has 1 aliphatic heterocycles. The van der Waals surface area contributed by atoms with Crippen LogP contribution in [0.1, 0.15) is 34.0 Å². The highest BCUT2D eigenvalue weighted by Gasteiger charge is 2.26. The molecule has 0 amide bonds. The lowest BCUT2D eigenvalue weighted by molar-refractivity contribution is 0.328. The third kappa shape index (κ3) is 2.22. The number of rotatable bonds is 3. The van der Waals surface area contributed by atoms with Crippen molar-refractivity contribution in [1.82, 2.24) is 15.1 Å². The van der Waals surface area contributed by atoms with Gasteiger partial charge in [-0.25, -0.2) is 0 Å². The van der Waals surface area contributed by atoms with E-state index in [0.717, 1.165) is 13.1 Å².